The van der Waals surface area contributed by atoms with Crippen molar-refractivity contribution in [1.29, 1.82) is 0 Å². The Morgan fingerprint density at radius 2 is 0.703 bits per heavy atom. The Morgan fingerprint density at radius 1 is 0.271 bits per heavy atom. The molecule has 12 heteroatoms. The minimum atomic E-state index is -0.200. The molecular weight excluding hydrogens is 1440 g/mol. The minimum absolute atomic E-state index is 0.175. The van der Waals surface area contributed by atoms with Gasteiger partial charge in [-0.3, -0.25) is 0 Å². The summed E-state index contributed by atoms with van der Waals surface area (Å²) in [5.74, 6) is 0. The number of fused-ring (bicyclic) bond motifs is 28. The van der Waals surface area contributed by atoms with Crippen LogP contribution in [0.4, 0.5) is 34.1 Å². The topological polar surface area (TPSA) is 62.3 Å². The van der Waals surface area contributed by atoms with Crippen LogP contribution >= 0.6 is 0 Å². The van der Waals surface area contributed by atoms with E-state index in [0.29, 0.717) is 6.42 Å². The molecule has 0 atom stereocenters. The zero-order valence-corrected chi connectivity index (χ0v) is 63.8. The van der Waals surface area contributed by atoms with E-state index in [2.05, 4.69) is 402 Å². The molecule has 0 radical (unpaired) electrons. The smallest absolute Gasteiger partial charge is 0.252 e. The molecular formula is C106H64B2N8O2. The Kier molecular flexibility index (Phi) is 12.3. The molecule has 8 aromatic heterocycles. The van der Waals surface area contributed by atoms with Gasteiger partial charge in [-0.1, -0.05) is 194 Å². The fourth-order valence-electron chi connectivity index (χ4n) is 22.2. The Labute approximate surface area is 675 Å². The lowest BCUT2D eigenvalue weighted by molar-refractivity contribution is 0.672. The number of aryl methyl sites for hydroxylation is 1. The summed E-state index contributed by atoms with van der Waals surface area (Å²) in [4.78, 5) is 4.88. The van der Waals surface area contributed by atoms with Crippen LogP contribution in [-0.2, 0) is 6.42 Å². The first-order valence-electron chi connectivity index (χ1n) is 40.9. The summed E-state index contributed by atoms with van der Waals surface area (Å²) in [5, 5.41) is 9.14. The molecule has 0 saturated carbocycles. The molecule has 4 aliphatic rings. The number of hydrogen-bond donors (Lipinski definition) is 0. The van der Waals surface area contributed by atoms with Gasteiger partial charge in [-0.15, -0.1) is 0 Å². The maximum absolute atomic E-state index is 7.20. The first-order chi connectivity index (χ1) is 58.5. The van der Waals surface area contributed by atoms with Crippen LogP contribution in [0.15, 0.2) is 367 Å². The van der Waals surface area contributed by atoms with Gasteiger partial charge in [-0.2, -0.15) is 0 Å². The second-order valence-corrected chi connectivity index (χ2v) is 32.6. The number of rotatable bonds is 10. The standard InChI is InChI=1S/C106H64B2N8O2/c1-62-56-85-94-86(57-62)115-97-76(100-98(115)73-53-51-71(61-84(73)112(100)70-38-18-7-19-39-70)109(65-28-8-2-9-29-65)66-30-10-3-11-31-66)52-50-64(92(97)108(94)80-46-27-44-78-96(80)113(85)101-74-41-21-24-48-89(74)118-106(78)101)58-63-59-87-93-88(60-63)116-99-72-40-20-23-47-82(72)111(69-36-16-6-17-37-69)104(99)91-83(110(67-32-12-4-13-33-67)68-34-14-5-15-35-68)55-54-81(103(91)116)107(93)79-45-26-43-77-95(79)114(87)102-75-42-22-25-49-90(75)117-105(77)102/h2-57,59-61H,58H2,1H3. The maximum Gasteiger partial charge on any atom is 0.252 e. The van der Waals surface area contributed by atoms with Gasteiger partial charge in [-0.05, 0) is 227 Å². The summed E-state index contributed by atoms with van der Waals surface area (Å²) >= 11 is 0. The van der Waals surface area contributed by atoms with Crippen LogP contribution < -0.4 is 42.6 Å². The molecule has 16 aromatic carbocycles. The molecule has 0 amide bonds. The first kappa shape index (κ1) is 63.1. The van der Waals surface area contributed by atoms with Crippen LogP contribution in [0.3, 0.4) is 0 Å². The lowest BCUT2D eigenvalue weighted by atomic mass is 9.33. The number of nitrogens with zero attached hydrogens (tertiary/aromatic N) is 8. The van der Waals surface area contributed by atoms with Gasteiger partial charge in [0.25, 0.3) is 13.4 Å². The van der Waals surface area contributed by atoms with Crippen LogP contribution in [0.1, 0.15) is 16.7 Å². The average molecular weight is 1500 g/mol. The average Bonchev–Trinajstić information content (AvgIpc) is 1.49. The third kappa shape index (κ3) is 8.03. The van der Waals surface area contributed by atoms with E-state index in [4.69, 9.17) is 8.83 Å². The van der Waals surface area contributed by atoms with Gasteiger partial charge in [0.2, 0.25) is 0 Å². The number of furan rings is 2. The van der Waals surface area contributed by atoms with Gasteiger partial charge >= 0.3 is 0 Å². The highest BCUT2D eigenvalue weighted by Gasteiger charge is 2.47. The molecule has 118 heavy (non-hydrogen) atoms. The molecule has 0 N–H and O–H groups in total. The van der Waals surface area contributed by atoms with Gasteiger partial charge < -0.3 is 46.0 Å². The SMILES string of the molecule is Cc1cc2c3c(c1)-n1c4c(c(Cc5cc6c7c(c5)-n5c8c(ccc(N(c9ccccc9)c9ccccc9)c8c8c5c5ccccc5n8-c5ccccc5)B7c5cccc7c8oc9ccccc9c8n-6c57)ccc4c4c1c1ccc(N(c5ccccc5)c5ccccc5)cc1n4-c1ccccc1)B3c1cccc3c4oc5ccccc5c4n-2c13. The quantitative estimate of drug-likeness (QED) is 0.128. The lowest BCUT2D eigenvalue weighted by Crippen LogP contribution is -2.60. The summed E-state index contributed by atoms with van der Waals surface area (Å²) in [7, 11) is 0. The van der Waals surface area contributed by atoms with Crippen molar-refractivity contribution in [2.24, 2.45) is 0 Å². The molecule has 28 rings (SSSR count). The van der Waals surface area contributed by atoms with Crippen molar-refractivity contribution in [2.45, 2.75) is 13.3 Å². The largest absolute Gasteiger partial charge is 0.454 e. The number of aromatic nitrogens is 6. The van der Waals surface area contributed by atoms with E-state index < -0.39 is 0 Å². The van der Waals surface area contributed by atoms with E-state index in [-0.39, 0.29) is 13.4 Å². The zero-order chi connectivity index (χ0) is 76.6. The third-order valence-corrected chi connectivity index (χ3v) is 26.5. The van der Waals surface area contributed by atoms with Crippen LogP contribution in [0.2, 0.25) is 0 Å². The molecule has 0 fully saturated rings. The van der Waals surface area contributed by atoms with Crippen molar-refractivity contribution in [3.05, 3.63) is 375 Å². The highest BCUT2D eigenvalue weighted by Crippen LogP contribution is 2.52. The second kappa shape index (κ2) is 23.0. The summed E-state index contributed by atoms with van der Waals surface area (Å²) in [6.07, 6.45) is 0.601. The Hall–Kier alpha value is -15.4. The van der Waals surface area contributed by atoms with Crippen molar-refractivity contribution in [1.82, 2.24) is 27.4 Å². The van der Waals surface area contributed by atoms with Gasteiger partial charge in [0.15, 0.2) is 11.2 Å². The molecule has 10 nitrogen and oxygen atoms in total. The van der Waals surface area contributed by atoms with Crippen molar-refractivity contribution in [3.8, 4) is 34.1 Å². The van der Waals surface area contributed by atoms with Crippen LogP contribution in [0.5, 0.6) is 0 Å². The lowest BCUT2D eigenvalue weighted by Gasteiger charge is -2.36. The highest BCUT2D eigenvalue weighted by atomic mass is 16.3. The van der Waals surface area contributed by atoms with E-state index in [1.807, 2.05) is 0 Å². The fraction of sp³-hybridized carbons (Fsp3) is 0.0189. The van der Waals surface area contributed by atoms with E-state index in [9.17, 15) is 0 Å². The third-order valence-electron chi connectivity index (χ3n) is 26.5. The number of para-hydroxylation sites is 11. The summed E-state index contributed by atoms with van der Waals surface area (Å²) < 4.78 is 30.1. The molecule has 546 valence electrons. The summed E-state index contributed by atoms with van der Waals surface area (Å²) in [6, 6.07) is 133. The van der Waals surface area contributed by atoms with Crippen LogP contribution in [0.25, 0.3) is 166 Å². The van der Waals surface area contributed by atoms with Gasteiger partial charge in [0.1, 0.15) is 22.2 Å². The second-order valence-electron chi connectivity index (χ2n) is 32.6. The first-order valence-corrected chi connectivity index (χ1v) is 40.9. The number of benzene rings is 16. The van der Waals surface area contributed by atoms with Crippen molar-refractivity contribution in [3.63, 3.8) is 0 Å². The van der Waals surface area contributed by atoms with E-state index in [1.165, 1.54) is 127 Å². The molecule has 12 heterocycles. The minimum Gasteiger partial charge on any atom is -0.454 e. The van der Waals surface area contributed by atoms with Crippen molar-refractivity contribution >= 4 is 212 Å². The Morgan fingerprint density at radius 3 is 1.29 bits per heavy atom. The van der Waals surface area contributed by atoms with Crippen molar-refractivity contribution in [2.75, 3.05) is 9.80 Å². The number of anilines is 6. The Balaban J connectivity index is 0.774. The predicted molar refractivity (Wildman–Crippen MR) is 490 cm³/mol. The van der Waals surface area contributed by atoms with Crippen LogP contribution in [-0.4, -0.2) is 40.8 Å². The summed E-state index contributed by atoms with van der Waals surface area (Å²) in [6.45, 7) is 1.92. The molecule has 0 aliphatic carbocycles. The van der Waals surface area contributed by atoms with Crippen LogP contribution in [0, 0.1) is 6.92 Å². The van der Waals surface area contributed by atoms with Gasteiger partial charge in [0, 0.05) is 106 Å². The molecule has 0 spiro atoms. The molecule has 24 aromatic rings. The normalized spacial score (nSPS) is 13.0. The monoisotopic (exact) mass is 1500 g/mol. The molecule has 4 aliphatic heterocycles. The van der Waals surface area contributed by atoms with Gasteiger partial charge in [0.05, 0.1) is 60.9 Å². The summed E-state index contributed by atoms with van der Waals surface area (Å²) in [5.41, 5.74) is 42.2. The predicted octanol–water partition coefficient (Wildman–Crippen LogP) is 22.6. The molecule has 0 unspecified atom stereocenters. The highest BCUT2D eigenvalue weighted by molar-refractivity contribution is 7.01. The molecule has 0 saturated heterocycles. The fourth-order valence-corrected chi connectivity index (χ4v) is 22.2. The number of hydrogen-bond acceptors (Lipinski definition) is 4. The van der Waals surface area contributed by atoms with Gasteiger partial charge in [-0.25, -0.2) is 0 Å². The zero-order valence-electron chi connectivity index (χ0n) is 63.8. The van der Waals surface area contributed by atoms with E-state index >= 15 is 0 Å². The molecule has 0 bridgehead atoms. The maximum atomic E-state index is 7.20. The Bertz CT molecular complexity index is 8480. The van der Waals surface area contributed by atoms with Crippen molar-refractivity contribution < 1.29 is 8.83 Å². The van der Waals surface area contributed by atoms with E-state index in [1.54, 1.807) is 0 Å². The van der Waals surface area contributed by atoms with E-state index in [0.717, 1.165) is 123 Å².